The van der Waals surface area contributed by atoms with E-state index < -0.39 is 0 Å². The van der Waals surface area contributed by atoms with Crippen LogP contribution < -0.4 is 10.6 Å². The first-order chi connectivity index (χ1) is 13.0. The van der Waals surface area contributed by atoms with Gasteiger partial charge in [0, 0.05) is 11.4 Å². The van der Waals surface area contributed by atoms with Gasteiger partial charge in [0.1, 0.15) is 5.69 Å². The van der Waals surface area contributed by atoms with E-state index in [1.165, 1.54) is 5.56 Å². The van der Waals surface area contributed by atoms with E-state index >= 15 is 0 Å². The first-order valence-corrected chi connectivity index (χ1v) is 9.12. The second-order valence-electron chi connectivity index (χ2n) is 6.50. The van der Waals surface area contributed by atoms with Crippen molar-refractivity contribution in [3.05, 3.63) is 83.2 Å². The number of hydrogen-bond acceptors (Lipinski definition) is 4. The number of anilines is 2. The highest BCUT2D eigenvalue weighted by Crippen LogP contribution is 2.17. The molecule has 1 unspecified atom stereocenters. The van der Waals surface area contributed by atoms with Gasteiger partial charge in [-0.05, 0) is 49.6 Å². The number of hydrogen-bond donors (Lipinski definition) is 2. The van der Waals surface area contributed by atoms with Crippen molar-refractivity contribution in [1.29, 1.82) is 0 Å². The molecule has 1 heterocycles. The molecule has 0 fully saturated rings. The normalized spacial score (nSPS) is 11.7. The van der Waals surface area contributed by atoms with Gasteiger partial charge in [0.25, 0.3) is 5.91 Å². The molecule has 138 valence electrons. The number of carbonyl (C=O) groups excluding carboxylic acids is 1. The molecule has 1 amide bonds. The third-order valence-corrected chi connectivity index (χ3v) is 4.35. The Labute approximate surface area is 159 Å². The van der Waals surface area contributed by atoms with Crippen molar-refractivity contribution in [2.45, 2.75) is 33.2 Å². The van der Waals surface area contributed by atoms with Gasteiger partial charge in [-0.25, -0.2) is 9.97 Å². The molecule has 0 bridgehead atoms. The van der Waals surface area contributed by atoms with Crippen LogP contribution in [0, 0.1) is 6.92 Å². The second kappa shape index (κ2) is 8.45. The molecule has 0 aliphatic carbocycles. The summed E-state index contributed by atoms with van der Waals surface area (Å²) in [5.41, 5.74) is 4.18. The van der Waals surface area contributed by atoms with Gasteiger partial charge in [-0.1, -0.05) is 49.4 Å². The van der Waals surface area contributed by atoms with E-state index in [4.69, 9.17) is 0 Å². The van der Waals surface area contributed by atoms with E-state index in [2.05, 4.69) is 27.5 Å². The number of rotatable bonds is 6. The molecule has 3 rings (SSSR count). The third-order valence-electron chi connectivity index (χ3n) is 4.35. The molecule has 1 aromatic heterocycles. The maximum Gasteiger partial charge on any atom is 0.274 e. The van der Waals surface area contributed by atoms with Crippen molar-refractivity contribution in [1.82, 2.24) is 9.97 Å². The minimum Gasteiger partial charge on any atom is -0.348 e. The molecule has 0 aliphatic heterocycles. The van der Waals surface area contributed by atoms with E-state index in [1.54, 1.807) is 6.07 Å². The molecule has 2 N–H and O–H groups in total. The topological polar surface area (TPSA) is 66.9 Å². The lowest BCUT2D eigenvalue weighted by molar-refractivity contribution is 0.102. The first-order valence-electron chi connectivity index (χ1n) is 9.12. The maximum absolute atomic E-state index is 12.6. The molecule has 0 radical (unpaired) electrons. The molecular formula is C22H24N4O. The zero-order valence-corrected chi connectivity index (χ0v) is 15.9. The fourth-order valence-corrected chi connectivity index (χ4v) is 2.79. The Hall–Kier alpha value is -3.21. The van der Waals surface area contributed by atoms with Gasteiger partial charge in [0.15, 0.2) is 0 Å². The zero-order chi connectivity index (χ0) is 19.2. The van der Waals surface area contributed by atoms with E-state index in [0.717, 1.165) is 23.4 Å². The van der Waals surface area contributed by atoms with Crippen molar-refractivity contribution in [3.63, 3.8) is 0 Å². The molecule has 27 heavy (non-hydrogen) atoms. The molecule has 5 heteroatoms. The van der Waals surface area contributed by atoms with Gasteiger partial charge in [0.2, 0.25) is 5.95 Å². The summed E-state index contributed by atoms with van der Waals surface area (Å²) < 4.78 is 0. The van der Waals surface area contributed by atoms with Crippen LogP contribution in [0.15, 0.2) is 60.7 Å². The quantitative estimate of drug-likeness (QED) is 0.664. The Kier molecular flexibility index (Phi) is 5.81. The van der Waals surface area contributed by atoms with Gasteiger partial charge < -0.3 is 10.6 Å². The van der Waals surface area contributed by atoms with Crippen molar-refractivity contribution in [3.8, 4) is 0 Å². The summed E-state index contributed by atoms with van der Waals surface area (Å²) in [5, 5.41) is 6.16. The molecule has 1 atom stereocenters. The summed E-state index contributed by atoms with van der Waals surface area (Å²) in [5.74, 6) is 0.193. The molecule has 0 aliphatic rings. The highest BCUT2D eigenvalue weighted by atomic mass is 16.1. The standard InChI is InChI=1S/C22H24N4O/c1-4-17-10-12-19(13-11-17)25-21(27)20-14-15(2)23-22(26-20)24-16(3)18-8-6-5-7-9-18/h5-14,16H,4H2,1-3H3,(H,25,27)(H,23,24,26). The minimum absolute atomic E-state index is 0.0329. The van der Waals surface area contributed by atoms with Gasteiger partial charge in [0.05, 0.1) is 6.04 Å². The summed E-state index contributed by atoms with van der Waals surface area (Å²) >= 11 is 0. The number of amides is 1. The number of nitrogens with one attached hydrogen (secondary N) is 2. The van der Waals surface area contributed by atoms with Crippen LogP contribution in [-0.2, 0) is 6.42 Å². The molecule has 2 aromatic carbocycles. The Morgan fingerprint density at radius 2 is 1.74 bits per heavy atom. The van der Waals surface area contributed by atoms with Crippen molar-refractivity contribution < 1.29 is 4.79 Å². The van der Waals surface area contributed by atoms with Crippen LogP contribution in [-0.4, -0.2) is 15.9 Å². The average Bonchev–Trinajstić information content (AvgIpc) is 2.68. The fraction of sp³-hybridized carbons (Fsp3) is 0.227. The summed E-state index contributed by atoms with van der Waals surface area (Å²) in [7, 11) is 0. The Morgan fingerprint density at radius 3 is 2.41 bits per heavy atom. The van der Waals surface area contributed by atoms with Crippen LogP contribution in [0.25, 0.3) is 0 Å². The van der Waals surface area contributed by atoms with Crippen LogP contribution in [0.1, 0.15) is 47.2 Å². The van der Waals surface area contributed by atoms with Crippen LogP contribution in [0.5, 0.6) is 0 Å². The van der Waals surface area contributed by atoms with Crippen LogP contribution >= 0.6 is 0 Å². The minimum atomic E-state index is -0.250. The predicted molar refractivity (Wildman–Crippen MR) is 109 cm³/mol. The van der Waals surface area contributed by atoms with E-state index in [-0.39, 0.29) is 11.9 Å². The lowest BCUT2D eigenvalue weighted by Gasteiger charge is -2.15. The lowest BCUT2D eigenvalue weighted by Crippen LogP contribution is -2.17. The Morgan fingerprint density at radius 1 is 1.04 bits per heavy atom. The fourth-order valence-electron chi connectivity index (χ4n) is 2.79. The summed E-state index contributed by atoms with van der Waals surface area (Å²) in [4.78, 5) is 21.4. The molecule has 5 nitrogen and oxygen atoms in total. The lowest BCUT2D eigenvalue weighted by atomic mass is 10.1. The van der Waals surface area contributed by atoms with Crippen molar-refractivity contribution >= 4 is 17.5 Å². The van der Waals surface area contributed by atoms with E-state index in [1.807, 2.05) is 68.4 Å². The largest absolute Gasteiger partial charge is 0.348 e. The van der Waals surface area contributed by atoms with Crippen LogP contribution in [0.4, 0.5) is 11.6 Å². The highest BCUT2D eigenvalue weighted by molar-refractivity contribution is 6.03. The Balaban J connectivity index is 1.74. The van der Waals surface area contributed by atoms with E-state index in [0.29, 0.717) is 11.6 Å². The number of aromatic nitrogens is 2. The monoisotopic (exact) mass is 360 g/mol. The Bertz CT molecular complexity index is 907. The van der Waals surface area contributed by atoms with Gasteiger partial charge in [-0.3, -0.25) is 4.79 Å². The van der Waals surface area contributed by atoms with Crippen LogP contribution in [0.3, 0.4) is 0 Å². The predicted octanol–water partition coefficient (Wildman–Crippen LogP) is 4.77. The van der Waals surface area contributed by atoms with Gasteiger partial charge in [-0.2, -0.15) is 0 Å². The number of carbonyl (C=O) groups is 1. The van der Waals surface area contributed by atoms with Crippen LogP contribution in [0.2, 0.25) is 0 Å². The maximum atomic E-state index is 12.6. The molecular weight excluding hydrogens is 336 g/mol. The van der Waals surface area contributed by atoms with Gasteiger partial charge in [-0.15, -0.1) is 0 Å². The van der Waals surface area contributed by atoms with Crippen molar-refractivity contribution in [2.24, 2.45) is 0 Å². The van der Waals surface area contributed by atoms with Crippen molar-refractivity contribution in [2.75, 3.05) is 10.6 Å². The number of aryl methyl sites for hydroxylation is 2. The molecule has 0 spiro atoms. The zero-order valence-electron chi connectivity index (χ0n) is 15.9. The highest BCUT2D eigenvalue weighted by Gasteiger charge is 2.13. The smallest absolute Gasteiger partial charge is 0.274 e. The summed E-state index contributed by atoms with van der Waals surface area (Å²) in [6.07, 6.45) is 0.966. The molecule has 0 saturated carbocycles. The summed E-state index contributed by atoms with van der Waals surface area (Å²) in [6.45, 7) is 5.99. The molecule has 0 saturated heterocycles. The molecule has 3 aromatic rings. The summed E-state index contributed by atoms with van der Waals surface area (Å²) in [6, 6.07) is 19.6. The third kappa shape index (κ3) is 4.91. The second-order valence-corrected chi connectivity index (χ2v) is 6.50. The average molecular weight is 360 g/mol. The number of benzene rings is 2. The van der Waals surface area contributed by atoms with E-state index in [9.17, 15) is 4.79 Å². The van der Waals surface area contributed by atoms with Gasteiger partial charge >= 0.3 is 0 Å². The SMILES string of the molecule is CCc1ccc(NC(=O)c2cc(C)nc(NC(C)c3ccccc3)n2)cc1. The number of nitrogens with zero attached hydrogens (tertiary/aromatic N) is 2. The first kappa shape index (κ1) is 18.6.